The number of carbonyl (C=O) groups is 1. The number of thioether (sulfide) groups is 1. The van der Waals surface area contributed by atoms with Crippen LogP contribution in [0.4, 0.5) is 0 Å². The topological polar surface area (TPSA) is 63.3 Å². The zero-order valence-corrected chi connectivity index (χ0v) is 11.6. The zero-order valence-electron chi connectivity index (χ0n) is 10.8. The molecule has 0 fully saturated rings. The minimum atomic E-state index is -0.825. The molecular formula is C16H15NO2S. The standard InChI is InChI=1S/C16H15NO2S/c17-16(19)15(18)10-12-5-4-6-13(9-12)11-20-14-7-2-1-3-8-14/h1-10,18H,11H2,(H2,17,19). The van der Waals surface area contributed by atoms with Crippen molar-refractivity contribution >= 4 is 23.7 Å². The maximum absolute atomic E-state index is 10.8. The predicted molar refractivity (Wildman–Crippen MR) is 82.2 cm³/mol. The van der Waals surface area contributed by atoms with Crippen LogP contribution in [0.2, 0.25) is 0 Å². The lowest BCUT2D eigenvalue weighted by Gasteiger charge is -2.03. The Kier molecular flexibility index (Phi) is 4.85. The third-order valence-electron chi connectivity index (χ3n) is 2.66. The maximum atomic E-state index is 10.8. The number of carbonyl (C=O) groups excluding carboxylic acids is 1. The molecule has 0 aliphatic carbocycles. The van der Waals surface area contributed by atoms with E-state index in [1.54, 1.807) is 11.8 Å². The van der Waals surface area contributed by atoms with Crippen LogP contribution in [-0.4, -0.2) is 11.0 Å². The van der Waals surface area contributed by atoms with E-state index in [4.69, 9.17) is 5.73 Å². The van der Waals surface area contributed by atoms with Crippen molar-refractivity contribution in [1.82, 2.24) is 0 Å². The first-order valence-electron chi connectivity index (χ1n) is 6.12. The van der Waals surface area contributed by atoms with Gasteiger partial charge in [0.2, 0.25) is 0 Å². The maximum Gasteiger partial charge on any atom is 0.283 e. The number of hydrogen-bond donors (Lipinski definition) is 2. The molecule has 0 saturated carbocycles. The van der Waals surface area contributed by atoms with Gasteiger partial charge in [0.05, 0.1) is 0 Å². The molecule has 20 heavy (non-hydrogen) atoms. The molecule has 0 aromatic heterocycles. The van der Waals surface area contributed by atoms with Crippen LogP contribution in [0.25, 0.3) is 6.08 Å². The first-order valence-corrected chi connectivity index (χ1v) is 7.11. The van der Waals surface area contributed by atoms with E-state index in [1.165, 1.54) is 11.0 Å². The number of rotatable bonds is 5. The highest BCUT2D eigenvalue weighted by molar-refractivity contribution is 7.98. The number of aliphatic hydroxyl groups excluding tert-OH is 1. The first kappa shape index (κ1) is 14.2. The molecule has 4 heteroatoms. The van der Waals surface area contributed by atoms with Gasteiger partial charge < -0.3 is 10.8 Å². The number of amides is 1. The normalized spacial score (nSPS) is 11.3. The summed E-state index contributed by atoms with van der Waals surface area (Å²) in [5, 5.41) is 9.36. The average molecular weight is 285 g/mol. The van der Waals surface area contributed by atoms with Crippen molar-refractivity contribution in [1.29, 1.82) is 0 Å². The van der Waals surface area contributed by atoms with Crippen molar-refractivity contribution < 1.29 is 9.90 Å². The van der Waals surface area contributed by atoms with Gasteiger partial charge in [0, 0.05) is 10.6 Å². The van der Waals surface area contributed by atoms with Gasteiger partial charge >= 0.3 is 0 Å². The third-order valence-corrected chi connectivity index (χ3v) is 3.74. The molecule has 2 aromatic rings. The molecule has 0 spiro atoms. The Bertz CT molecular complexity index is 623. The molecule has 2 rings (SSSR count). The summed E-state index contributed by atoms with van der Waals surface area (Å²) < 4.78 is 0. The van der Waals surface area contributed by atoms with E-state index in [9.17, 15) is 9.90 Å². The van der Waals surface area contributed by atoms with Crippen molar-refractivity contribution in [2.24, 2.45) is 5.73 Å². The second-order valence-corrected chi connectivity index (χ2v) is 5.29. The molecule has 0 aliphatic heterocycles. The van der Waals surface area contributed by atoms with Gasteiger partial charge in [-0.15, -0.1) is 11.8 Å². The lowest BCUT2D eigenvalue weighted by Crippen LogP contribution is -2.13. The van der Waals surface area contributed by atoms with Crippen LogP contribution in [0.5, 0.6) is 0 Å². The molecule has 0 bridgehead atoms. The Balaban J connectivity index is 2.07. The molecule has 0 heterocycles. The molecule has 2 aromatic carbocycles. The van der Waals surface area contributed by atoms with Gasteiger partial charge in [0.15, 0.2) is 5.76 Å². The third kappa shape index (κ3) is 4.17. The summed E-state index contributed by atoms with van der Waals surface area (Å²) in [5.41, 5.74) is 6.87. The van der Waals surface area contributed by atoms with Gasteiger partial charge in [-0.1, -0.05) is 42.5 Å². The van der Waals surface area contributed by atoms with E-state index in [1.807, 2.05) is 42.5 Å². The summed E-state index contributed by atoms with van der Waals surface area (Å²) in [6, 6.07) is 17.8. The van der Waals surface area contributed by atoms with Crippen LogP contribution in [0.1, 0.15) is 11.1 Å². The van der Waals surface area contributed by atoms with Gasteiger partial charge in [0.1, 0.15) is 0 Å². The highest BCUT2D eigenvalue weighted by atomic mass is 32.2. The fourth-order valence-corrected chi connectivity index (χ4v) is 2.55. The second kappa shape index (κ2) is 6.82. The van der Waals surface area contributed by atoms with Gasteiger partial charge in [-0.05, 0) is 29.3 Å². The number of nitrogens with two attached hydrogens (primary N) is 1. The van der Waals surface area contributed by atoms with Crippen LogP contribution < -0.4 is 5.73 Å². The van der Waals surface area contributed by atoms with Crippen LogP contribution in [0.15, 0.2) is 65.3 Å². The van der Waals surface area contributed by atoms with Crippen LogP contribution >= 0.6 is 11.8 Å². The van der Waals surface area contributed by atoms with E-state index >= 15 is 0 Å². The van der Waals surface area contributed by atoms with E-state index < -0.39 is 11.7 Å². The van der Waals surface area contributed by atoms with Gasteiger partial charge in [-0.25, -0.2) is 0 Å². The molecule has 3 nitrogen and oxygen atoms in total. The van der Waals surface area contributed by atoms with Gasteiger partial charge in [-0.3, -0.25) is 4.79 Å². The zero-order chi connectivity index (χ0) is 14.4. The monoisotopic (exact) mass is 285 g/mol. The fraction of sp³-hybridized carbons (Fsp3) is 0.0625. The molecule has 0 saturated heterocycles. The lowest BCUT2D eigenvalue weighted by atomic mass is 10.1. The Morgan fingerprint density at radius 2 is 1.90 bits per heavy atom. The first-order chi connectivity index (χ1) is 9.65. The Morgan fingerprint density at radius 3 is 2.60 bits per heavy atom. The van der Waals surface area contributed by atoms with Crippen molar-refractivity contribution in [2.45, 2.75) is 10.6 Å². The SMILES string of the molecule is NC(=O)C(O)=Cc1cccc(CSc2ccccc2)c1. The minimum Gasteiger partial charge on any atom is -0.503 e. The number of benzene rings is 2. The summed E-state index contributed by atoms with van der Waals surface area (Å²) in [6.07, 6.45) is 1.37. The van der Waals surface area contributed by atoms with Crippen molar-refractivity contribution in [3.05, 3.63) is 71.5 Å². The summed E-state index contributed by atoms with van der Waals surface area (Å²) in [6.45, 7) is 0. The summed E-state index contributed by atoms with van der Waals surface area (Å²) in [4.78, 5) is 12.0. The van der Waals surface area contributed by atoms with Crippen molar-refractivity contribution in [3.8, 4) is 0 Å². The Hall–Kier alpha value is -2.20. The van der Waals surface area contributed by atoms with E-state index in [0.29, 0.717) is 0 Å². The predicted octanol–water partition coefficient (Wildman–Crippen LogP) is 3.36. The number of aliphatic hydroxyl groups is 1. The van der Waals surface area contributed by atoms with Crippen LogP contribution in [-0.2, 0) is 10.5 Å². The van der Waals surface area contributed by atoms with Crippen molar-refractivity contribution in [3.63, 3.8) is 0 Å². The smallest absolute Gasteiger partial charge is 0.283 e. The summed E-state index contributed by atoms with van der Waals surface area (Å²) >= 11 is 1.73. The lowest BCUT2D eigenvalue weighted by molar-refractivity contribution is -0.116. The van der Waals surface area contributed by atoms with E-state index in [2.05, 4.69) is 12.1 Å². The Labute approximate surface area is 122 Å². The molecule has 0 unspecified atom stereocenters. The van der Waals surface area contributed by atoms with Crippen molar-refractivity contribution in [2.75, 3.05) is 0 Å². The molecule has 0 aliphatic rings. The molecule has 0 radical (unpaired) electrons. The van der Waals surface area contributed by atoms with Gasteiger partial charge in [0.25, 0.3) is 5.91 Å². The fourth-order valence-electron chi connectivity index (χ4n) is 1.69. The van der Waals surface area contributed by atoms with Gasteiger partial charge in [-0.2, -0.15) is 0 Å². The highest BCUT2D eigenvalue weighted by Gasteiger charge is 2.02. The average Bonchev–Trinajstić information content (AvgIpc) is 2.46. The molecule has 0 atom stereocenters. The summed E-state index contributed by atoms with van der Waals surface area (Å²) in [5.74, 6) is -0.435. The van der Waals surface area contributed by atoms with Crippen LogP contribution in [0, 0.1) is 0 Å². The minimum absolute atomic E-state index is 0.433. The van der Waals surface area contributed by atoms with Crippen LogP contribution in [0.3, 0.4) is 0 Å². The summed E-state index contributed by atoms with van der Waals surface area (Å²) in [7, 11) is 0. The Morgan fingerprint density at radius 1 is 1.15 bits per heavy atom. The van der Waals surface area contributed by atoms with E-state index in [-0.39, 0.29) is 0 Å². The largest absolute Gasteiger partial charge is 0.503 e. The highest BCUT2D eigenvalue weighted by Crippen LogP contribution is 2.23. The number of primary amides is 1. The molecule has 3 N–H and O–H groups in total. The second-order valence-electron chi connectivity index (χ2n) is 4.24. The number of hydrogen-bond acceptors (Lipinski definition) is 3. The van der Waals surface area contributed by atoms with E-state index in [0.717, 1.165) is 16.9 Å². The quantitative estimate of drug-likeness (QED) is 0.503. The molecular weight excluding hydrogens is 270 g/mol. The molecule has 1 amide bonds. The molecule has 102 valence electrons.